The quantitative estimate of drug-likeness (QED) is 0.860. The van der Waals surface area contributed by atoms with Crippen LogP contribution in [0.2, 0.25) is 0 Å². The molecule has 0 radical (unpaired) electrons. The maximum absolute atomic E-state index is 10.9. The van der Waals surface area contributed by atoms with E-state index in [0.29, 0.717) is 6.42 Å². The first-order chi connectivity index (χ1) is 9.10. The average Bonchev–Trinajstić information content (AvgIpc) is 2.43. The van der Waals surface area contributed by atoms with Crippen molar-refractivity contribution in [1.82, 2.24) is 0 Å². The number of hydrogen-bond donors (Lipinski definition) is 2. The minimum absolute atomic E-state index is 0.437. The van der Waals surface area contributed by atoms with Gasteiger partial charge < -0.3 is 11.5 Å². The largest absolute Gasteiger partial charge is 0.368 e. The Labute approximate surface area is 113 Å². The van der Waals surface area contributed by atoms with Gasteiger partial charge in [0.1, 0.15) is 0 Å². The molecule has 0 fully saturated rings. The van der Waals surface area contributed by atoms with Gasteiger partial charge in [-0.15, -0.1) is 0 Å². The summed E-state index contributed by atoms with van der Waals surface area (Å²) in [6.45, 7) is 2.15. The van der Waals surface area contributed by atoms with Crippen LogP contribution in [0.5, 0.6) is 0 Å². The Morgan fingerprint density at radius 2 is 1.68 bits per heavy atom. The molecule has 0 saturated carbocycles. The smallest absolute Gasteiger partial charge is 0.234 e. The first-order valence-electron chi connectivity index (χ1n) is 6.66. The monoisotopic (exact) mass is 256 g/mol. The molecular weight excluding hydrogens is 236 g/mol. The van der Waals surface area contributed by atoms with Gasteiger partial charge in [0.25, 0.3) is 0 Å². The predicted molar refractivity (Wildman–Crippen MR) is 78.8 cm³/mol. The molecule has 2 aromatic rings. The Morgan fingerprint density at radius 1 is 1.11 bits per heavy atom. The maximum atomic E-state index is 10.9. The number of nitrogens with two attached hydrogens (primary N) is 2. The third-order valence-electron chi connectivity index (χ3n) is 3.49. The molecule has 0 aromatic heterocycles. The molecule has 100 valence electrons. The molecule has 0 aliphatic carbocycles. The molecular formula is C16H20N2O. The van der Waals surface area contributed by atoms with E-state index in [1.807, 2.05) is 0 Å². The average molecular weight is 256 g/mol. The highest BCUT2D eigenvalue weighted by Crippen LogP contribution is 2.19. The number of amides is 1. The third kappa shape index (κ3) is 3.32. The van der Waals surface area contributed by atoms with Crippen LogP contribution in [0.3, 0.4) is 0 Å². The van der Waals surface area contributed by atoms with Crippen LogP contribution in [0.25, 0.3) is 10.8 Å². The number of hydrogen-bond acceptors (Lipinski definition) is 2. The molecule has 0 aliphatic rings. The van der Waals surface area contributed by atoms with E-state index < -0.39 is 11.9 Å². The van der Waals surface area contributed by atoms with Crippen LogP contribution in [0.4, 0.5) is 0 Å². The van der Waals surface area contributed by atoms with Gasteiger partial charge in [-0.25, -0.2) is 0 Å². The Kier molecular flexibility index (Phi) is 4.17. The number of fused-ring (bicyclic) bond motifs is 1. The number of primary amides is 1. The first-order valence-corrected chi connectivity index (χ1v) is 6.66. The second-order valence-corrected chi connectivity index (χ2v) is 4.92. The lowest BCUT2D eigenvalue weighted by atomic mass is 10.00. The lowest BCUT2D eigenvalue weighted by molar-refractivity contribution is -0.119. The summed E-state index contributed by atoms with van der Waals surface area (Å²) in [5.74, 6) is -0.437. The molecule has 0 heterocycles. The summed E-state index contributed by atoms with van der Waals surface area (Å²) in [4.78, 5) is 10.9. The molecule has 2 aromatic carbocycles. The van der Waals surface area contributed by atoms with Gasteiger partial charge in [-0.1, -0.05) is 43.3 Å². The summed E-state index contributed by atoms with van der Waals surface area (Å²) in [6, 6.07) is 12.3. The minimum atomic E-state index is -0.557. The number of benzene rings is 2. The lowest BCUT2D eigenvalue weighted by Crippen LogP contribution is -2.36. The summed E-state index contributed by atoms with van der Waals surface area (Å²) in [5.41, 5.74) is 13.3. The minimum Gasteiger partial charge on any atom is -0.368 e. The van der Waals surface area contributed by atoms with Crippen LogP contribution in [0.15, 0.2) is 36.4 Å². The fourth-order valence-corrected chi connectivity index (χ4v) is 2.18. The molecule has 2 rings (SSSR count). The third-order valence-corrected chi connectivity index (χ3v) is 3.49. The van der Waals surface area contributed by atoms with Crippen molar-refractivity contribution in [2.75, 3.05) is 0 Å². The topological polar surface area (TPSA) is 69.1 Å². The van der Waals surface area contributed by atoms with Crippen LogP contribution in [0.1, 0.15) is 24.5 Å². The standard InChI is InChI=1S/C16H20N2O/c1-2-11-3-6-14-10-12(4-7-13(14)9-11)5-8-15(17)16(18)19/h3-4,6-7,9-10,15H,2,5,8,17H2,1H3,(H2,18,19). The number of carbonyl (C=O) groups is 1. The van der Waals surface area contributed by atoms with Crippen LogP contribution in [-0.4, -0.2) is 11.9 Å². The van der Waals surface area contributed by atoms with E-state index in [2.05, 4.69) is 43.3 Å². The zero-order chi connectivity index (χ0) is 13.8. The molecule has 1 atom stereocenters. The van der Waals surface area contributed by atoms with Gasteiger partial charge in [0.15, 0.2) is 0 Å². The molecule has 0 aliphatic heterocycles. The summed E-state index contributed by atoms with van der Waals surface area (Å²) in [5, 5.41) is 2.48. The van der Waals surface area contributed by atoms with Gasteiger partial charge in [0, 0.05) is 0 Å². The number of aryl methyl sites for hydroxylation is 2. The highest BCUT2D eigenvalue weighted by atomic mass is 16.1. The van der Waals surface area contributed by atoms with E-state index in [1.165, 1.54) is 21.9 Å². The van der Waals surface area contributed by atoms with Crippen molar-refractivity contribution in [3.63, 3.8) is 0 Å². The Hall–Kier alpha value is -1.87. The van der Waals surface area contributed by atoms with E-state index in [0.717, 1.165) is 12.8 Å². The van der Waals surface area contributed by atoms with Crippen molar-refractivity contribution in [2.24, 2.45) is 11.5 Å². The molecule has 0 bridgehead atoms. The van der Waals surface area contributed by atoms with Crippen molar-refractivity contribution in [1.29, 1.82) is 0 Å². The molecule has 1 amide bonds. The van der Waals surface area contributed by atoms with Crippen molar-refractivity contribution in [3.8, 4) is 0 Å². The summed E-state index contributed by atoms with van der Waals surface area (Å²) in [7, 11) is 0. The second kappa shape index (κ2) is 5.85. The van der Waals surface area contributed by atoms with Gasteiger partial charge in [0.2, 0.25) is 5.91 Å². The van der Waals surface area contributed by atoms with Crippen LogP contribution < -0.4 is 11.5 Å². The Bertz CT molecular complexity index is 592. The first kappa shape index (κ1) is 13.6. The van der Waals surface area contributed by atoms with Crippen LogP contribution >= 0.6 is 0 Å². The SMILES string of the molecule is CCc1ccc2cc(CCC(N)C(N)=O)ccc2c1. The van der Waals surface area contributed by atoms with E-state index in [1.54, 1.807) is 0 Å². The normalized spacial score (nSPS) is 12.5. The summed E-state index contributed by atoms with van der Waals surface area (Å²) in [6.07, 6.45) is 2.41. The van der Waals surface area contributed by atoms with E-state index in [-0.39, 0.29) is 0 Å². The zero-order valence-corrected chi connectivity index (χ0v) is 11.2. The molecule has 0 spiro atoms. The van der Waals surface area contributed by atoms with Gasteiger partial charge in [-0.3, -0.25) is 4.79 Å². The highest BCUT2D eigenvalue weighted by Gasteiger charge is 2.09. The fourth-order valence-electron chi connectivity index (χ4n) is 2.18. The van der Waals surface area contributed by atoms with Crippen LogP contribution in [-0.2, 0) is 17.6 Å². The second-order valence-electron chi connectivity index (χ2n) is 4.92. The summed E-state index contributed by atoms with van der Waals surface area (Å²) >= 11 is 0. The zero-order valence-electron chi connectivity index (χ0n) is 11.2. The molecule has 1 unspecified atom stereocenters. The maximum Gasteiger partial charge on any atom is 0.234 e. The summed E-state index contributed by atoms with van der Waals surface area (Å²) < 4.78 is 0. The van der Waals surface area contributed by atoms with E-state index in [9.17, 15) is 4.79 Å². The Morgan fingerprint density at radius 3 is 2.26 bits per heavy atom. The van der Waals surface area contributed by atoms with Gasteiger partial charge in [0.05, 0.1) is 6.04 Å². The number of rotatable bonds is 5. The Balaban J connectivity index is 2.15. The van der Waals surface area contributed by atoms with E-state index >= 15 is 0 Å². The van der Waals surface area contributed by atoms with Crippen molar-refractivity contribution in [2.45, 2.75) is 32.2 Å². The van der Waals surface area contributed by atoms with Gasteiger partial charge in [-0.05, 0) is 41.2 Å². The predicted octanol–water partition coefficient (Wildman–Crippen LogP) is 2.15. The number of carbonyl (C=O) groups excluding carboxylic acids is 1. The highest BCUT2D eigenvalue weighted by molar-refractivity contribution is 5.84. The van der Waals surface area contributed by atoms with E-state index in [4.69, 9.17) is 11.5 Å². The molecule has 3 heteroatoms. The molecule has 3 nitrogen and oxygen atoms in total. The molecule has 4 N–H and O–H groups in total. The molecule has 19 heavy (non-hydrogen) atoms. The van der Waals surface area contributed by atoms with Crippen molar-refractivity contribution in [3.05, 3.63) is 47.5 Å². The molecule has 0 saturated heterocycles. The van der Waals surface area contributed by atoms with Gasteiger partial charge >= 0.3 is 0 Å². The van der Waals surface area contributed by atoms with Crippen molar-refractivity contribution < 1.29 is 4.79 Å². The lowest BCUT2D eigenvalue weighted by Gasteiger charge is -2.08. The van der Waals surface area contributed by atoms with Crippen LogP contribution in [0, 0.1) is 0 Å². The van der Waals surface area contributed by atoms with Gasteiger partial charge in [-0.2, -0.15) is 0 Å². The fraction of sp³-hybridized carbons (Fsp3) is 0.312. The van der Waals surface area contributed by atoms with Crippen molar-refractivity contribution >= 4 is 16.7 Å².